The maximum absolute atomic E-state index is 12.2. The van der Waals surface area contributed by atoms with Gasteiger partial charge in [0, 0.05) is 43.7 Å². The Morgan fingerprint density at radius 2 is 2.25 bits per heavy atom. The Bertz CT molecular complexity index is 680. The molecule has 1 aromatic rings. The molecule has 1 fully saturated rings. The molecule has 1 aliphatic rings. The Morgan fingerprint density at radius 3 is 2.83 bits per heavy atom. The lowest BCUT2D eigenvalue weighted by Gasteiger charge is -2.39. The Kier molecular flexibility index (Phi) is 6.25. The molecule has 0 spiro atoms. The fraction of sp³-hybridized carbons (Fsp3) is 0.750. The Hall–Kier alpha value is -1.15. The first-order valence-corrected chi connectivity index (χ1v) is 10.9. The Balaban J connectivity index is 1.95. The van der Waals surface area contributed by atoms with Crippen LogP contribution in [0.1, 0.15) is 37.9 Å². The lowest BCUT2D eigenvalue weighted by Crippen LogP contribution is -2.57. The van der Waals surface area contributed by atoms with Crippen molar-refractivity contribution in [3.8, 4) is 0 Å². The van der Waals surface area contributed by atoms with E-state index in [9.17, 15) is 8.42 Å². The van der Waals surface area contributed by atoms with Crippen LogP contribution in [-0.4, -0.2) is 60.9 Å². The molecule has 24 heavy (non-hydrogen) atoms. The van der Waals surface area contributed by atoms with Crippen molar-refractivity contribution in [1.82, 2.24) is 15.2 Å². The van der Waals surface area contributed by atoms with Crippen LogP contribution in [0.15, 0.2) is 10.4 Å². The maximum atomic E-state index is 12.2. The molecule has 0 saturated carbocycles. The third-order valence-corrected chi connectivity index (χ3v) is 7.71. The second kappa shape index (κ2) is 7.82. The molecular formula is C16H28N4O2S2. The van der Waals surface area contributed by atoms with Crippen LogP contribution >= 0.6 is 11.3 Å². The first-order chi connectivity index (χ1) is 11.2. The molecule has 0 radical (unpaired) electrons. The van der Waals surface area contributed by atoms with E-state index in [-0.39, 0.29) is 5.75 Å². The lowest BCUT2D eigenvalue weighted by molar-refractivity contribution is 0.353. The summed E-state index contributed by atoms with van der Waals surface area (Å²) < 4.78 is 23.6. The highest BCUT2D eigenvalue weighted by Crippen LogP contribution is 2.23. The average Bonchev–Trinajstić information content (AvgIpc) is 2.91. The van der Waals surface area contributed by atoms with Gasteiger partial charge in [0.05, 0.1) is 15.5 Å². The third-order valence-electron chi connectivity index (χ3n) is 4.15. The van der Waals surface area contributed by atoms with Gasteiger partial charge in [0.15, 0.2) is 15.8 Å². The molecule has 136 valence electrons. The summed E-state index contributed by atoms with van der Waals surface area (Å²) in [6.45, 7) is 10.1. The van der Waals surface area contributed by atoms with E-state index in [0.29, 0.717) is 19.6 Å². The maximum Gasteiger partial charge on any atom is 0.193 e. The monoisotopic (exact) mass is 372 g/mol. The van der Waals surface area contributed by atoms with Crippen LogP contribution in [0.5, 0.6) is 0 Å². The molecule has 8 heteroatoms. The van der Waals surface area contributed by atoms with Crippen molar-refractivity contribution in [1.29, 1.82) is 0 Å². The van der Waals surface area contributed by atoms with Gasteiger partial charge in [-0.05, 0) is 34.1 Å². The molecule has 0 aliphatic carbocycles. The molecule has 1 N–H and O–H groups in total. The number of thiazole rings is 1. The number of sulfone groups is 1. The number of aliphatic imine (C=N–C) groups is 1. The Morgan fingerprint density at radius 1 is 1.50 bits per heavy atom. The SMILES string of the molecule is CCNC(=NCCCc1nc(C)cs1)N1CCS(=O)(=O)C(C)(C)C1. The summed E-state index contributed by atoms with van der Waals surface area (Å²) in [7, 11) is -3.03. The summed E-state index contributed by atoms with van der Waals surface area (Å²) >= 11 is 1.69. The van der Waals surface area contributed by atoms with E-state index in [0.717, 1.165) is 36.0 Å². The molecule has 0 aromatic carbocycles. The van der Waals surface area contributed by atoms with E-state index in [4.69, 9.17) is 0 Å². The number of hydrogen-bond acceptors (Lipinski definition) is 5. The van der Waals surface area contributed by atoms with Crippen LogP contribution in [0.4, 0.5) is 0 Å². The molecule has 1 saturated heterocycles. The minimum absolute atomic E-state index is 0.183. The van der Waals surface area contributed by atoms with Crippen LogP contribution in [0.25, 0.3) is 0 Å². The van der Waals surface area contributed by atoms with E-state index in [1.54, 1.807) is 25.2 Å². The van der Waals surface area contributed by atoms with Crippen LogP contribution in [0.3, 0.4) is 0 Å². The summed E-state index contributed by atoms with van der Waals surface area (Å²) in [5, 5.41) is 6.51. The molecule has 2 heterocycles. The topological polar surface area (TPSA) is 74.7 Å². The molecule has 2 rings (SSSR count). The molecule has 0 bridgehead atoms. The summed E-state index contributed by atoms with van der Waals surface area (Å²) in [6.07, 6.45) is 1.87. The standard InChI is InChI=1S/C16H28N4O2S2/c1-5-17-15(18-8-6-7-14-19-13(2)11-23-14)20-9-10-24(21,22)16(3,4)12-20/h11H,5-10,12H2,1-4H3,(H,17,18). The van der Waals surface area contributed by atoms with Gasteiger partial charge < -0.3 is 10.2 Å². The predicted molar refractivity (Wildman–Crippen MR) is 101 cm³/mol. The van der Waals surface area contributed by atoms with Gasteiger partial charge in [0.25, 0.3) is 0 Å². The molecular weight excluding hydrogens is 344 g/mol. The van der Waals surface area contributed by atoms with E-state index in [2.05, 4.69) is 25.6 Å². The minimum Gasteiger partial charge on any atom is -0.357 e. The second-order valence-corrected chi connectivity index (χ2v) is 10.4. The third kappa shape index (κ3) is 4.69. The molecule has 0 atom stereocenters. The second-order valence-electron chi connectivity index (χ2n) is 6.72. The van der Waals surface area contributed by atoms with Crippen molar-refractivity contribution >= 4 is 27.1 Å². The quantitative estimate of drug-likeness (QED) is 0.485. The number of hydrogen-bond donors (Lipinski definition) is 1. The zero-order valence-electron chi connectivity index (χ0n) is 15.0. The summed E-state index contributed by atoms with van der Waals surface area (Å²) in [5.74, 6) is 0.999. The number of nitrogens with zero attached hydrogens (tertiary/aromatic N) is 3. The van der Waals surface area contributed by atoms with Crippen molar-refractivity contribution < 1.29 is 8.42 Å². The van der Waals surface area contributed by atoms with Gasteiger partial charge in [-0.15, -0.1) is 11.3 Å². The van der Waals surface area contributed by atoms with Crippen molar-refractivity contribution in [2.45, 2.75) is 45.3 Å². The zero-order chi connectivity index (χ0) is 17.8. The molecule has 0 amide bonds. The number of guanidine groups is 1. The summed E-state index contributed by atoms with van der Waals surface area (Å²) in [6, 6.07) is 0. The highest BCUT2D eigenvalue weighted by molar-refractivity contribution is 7.92. The number of aryl methyl sites for hydroxylation is 2. The first kappa shape index (κ1) is 19.2. The van der Waals surface area contributed by atoms with Crippen LogP contribution in [-0.2, 0) is 16.3 Å². The van der Waals surface area contributed by atoms with Gasteiger partial charge in [-0.3, -0.25) is 4.99 Å². The van der Waals surface area contributed by atoms with E-state index in [1.807, 2.05) is 13.8 Å². The van der Waals surface area contributed by atoms with Crippen LogP contribution < -0.4 is 5.32 Å². The highest BCUT2D eigenvalue weighted by Gasteiger charge is 2.40. The van der Waals surface area contributed by atoms with Gasteiger partial charge in [0.1, 0.15) is 0 Å². The number of aromatic nitrogens is 1. The van der Waals surface area contributed by atoms with Crippen molar-refractivity contribution in [3.63, 3.8) is 0 Å². The fourth-order valence-electron chi connectivity index (χ4n) is 2.68. The van der Waals surface area contributed by atoms with Crippen molar-refractivity contribution in [3.05, 3.63) is 16.1 Å². The van der Waals surface area contributed by atoms with Crippen LogP contribution in [0.2, 0.25) is 0 Å². The molecule has 6 nitrogen and oxygen atoms in total. The number of nitrogens with one attached hydrogen (secondary N) is 1. The van der Waals surface area contributed by atoms with E-state index in [1.165, 1.54) is 0 Å². The lowest BCUT2D eigenvalue weighted by atomic mass is 10.2. The van der Waals surface area contributed by atoms with E-state index < -0.39 is 14.6 Å². The largest absolute Gasteiger partial charge is 0.357 e. The molecule has 0 unspecified atom stereocenters. The number of rotatable bonds is 5. The highest BCUT2D eigenvalue weighted by atomic mass is 32.2. The van der Waals surface area contributed by atoms with E-state index >= 15 is 0 Å². The van der Waals surface area contributed by atoms with Gasteiger partial charge >= 0.3 is 0 Å². The smallest absolute Gasteiger partial charge is 0.193 e. The summed E-state index contributed by atoms with van der Waals surface area (Å²) in [4.78, 5) is 11.2. The summed E-state index contributed by atoms with van der Waals surface area (Å²) in [5.41, 5.74) is 1.07. The van der Waals surface area contributed by atoms with Crippen molar-refractivity contribution in [2.75, 3.05) is 31.9 Å². The Labute approximate surface area is 149 Å². The van der Waals surface area contributed by atoms with Gasteiger partial charge in [-0.2, -0.15) is 0 Å². The van der Waals surface area contributed by atoms with Gasteiger partial charge in [-0.25, -0.2) is 13.4 Å². The zero-order valence-corrected chi connectivity index (χ0v) is 16.6. The van der Waals surface area contributed by atoms with Crippen molar-refractivity contribution in [2.24, 2.45) is 4.99 Å². The van der Waals surface area contributed by atoms with Crippen LogP contribution in [0, 0.1) is 6.92 Å². The minimum atomic E-state index is -3.03. The predicted octanol–water partition coefficient (Wildman–Crippen LogP) is 1.86. The first-order valence-electron chi connectivity index (χ1n) is 8.42. The average molecular weight is 373 g/mol. The molecule has 1 aromatic heterocycles. The normalized spacial score (nSPS) is 20.2. The van der Waals surface area contributed by atoms with Gasteiger partial charge in [0.2, 0.25) is 0 Å². The molecule has 1 aliphatic heterocycles. The fourth-order valence-corrected chi connectivity index (χ4v) is 4.87. The van der Waals surface area contributed by atoms with Gasteiger partial charge in [-0.1, -0.05) is 0 Å².